The van der Waals surface area contributed by atoms with Gasteiger partial charge in [0.05, 0.1) is 24.2 Å². The lowest BCUT2D eigenvalue weighted by Crippen LogP contribution is -2.35. The van der Waals surface area contributed by atoms with Crippen LogP contribution in [0.1, 0.15) is 24.7 Å². The zero-order valence-electron chi connectivity index (χ0n) is 13.1. The maximum atomic E-state index is 11.7. The van der Waals surface area contributed by atoms with Crippen LogP contribution in [0.15, 0.2) is 18.2 Å². The zero-order valence-corrected chi connectivity index (χ0v) is 13.1. The van der Waals surface area contributed by atoms with Crippen LogP contribution in [0.3, 0.4) is 0 Å². The predicted molar refractivity (Wildman–Crippen MR) is 84.7 cm³/mol. The first-order valence-corrected chi connectivity index (χ1v) is 7.76. The van der Waals surface area contributed by atoms with Crippen LogP contribution in [-0.4, -0.2) is 46.7 Å². The Hall–Kier alpha value is -2.08. The summed E-state index contributed by atoms with van der Waals surface area (Å²) in [5.41, 5.74) is 3.27. The molecule has 0 unspecified atom stereocenters. The summed E-state index contributed by atoms with van der Waals surface area (Å²) >= 11 is 0. The molecule has 0 saturated carbocycles. The Kier molecular flexibility index (Phi) is 4.29. The Labute approximate surface area is 129 Å². The second-order valence-electron chi connectivity index (χ2n) is 5.72. The summed E-state index contributed by atoms with van der Waals surface area (Å²) in [6, 6.07) is 6.49. The summed E-state index contributed by atoms with van der Waals surface area (Å²) in [6.07, 6.45) is 0.726. The van der Waals surface area contributed by atoms with Crippen LogP contribution in [0.4, 0.5) is 4.79 Å². The van der Waals surface area contributed by atoms with Gasteiger partial charge in [0.15, 0.2) is 0 Å². The zero-order chi connectivity index (χ0) is 15.5. The van der Waals surface area contributed by atoms with E-state index in [4.69, 9.17) is 4.74 Å². The number of H-pyrrole nitrogens is 1. The van der Waals surface area contributed by atoms with E-state index in [0.717, 1.165) is 29.8 Å². The molecule has 1 aromatic carbocycles. The van der Waals surface area contributed by atoms with Crippen LogP contribution in [0.5, 0.6) is 0 Å². The van der Waals surface area contributed by atoms with Crippen molar-refractivity contribution < 1.29 is 9.53 Å². The van der Waals surface area contributed by atoms with Crippen molar-refractivity contribution in [2.45, 2.75) is 32.9 Å². The summed E-state index contributed by atoms with van der Waals surface area (Å²) < 4.78 is 5.03. The standard InChI is InChI=1S/C16H22N4O2/c1-3-22-16(21)20-7-6-12(10-20)17-9-15-18-13-5-4-11(2)8-14(13)19-15/h4-5,8,12,17H,3,6-7,9-10H2,1-2H3,(H,18,19)/t12-/m1/s1. The highest BCUT2D eigenvalue weighted by molar-refractivity contribution is 5.75. The average molecular weight is 302 g/mol. The number of nitrogens with one attached hydrogen (secondary N) is 2. The topological polar surface area (TPSA) is 70.2 Å². The number of aromatic amines is 1. The predicted octanol–water partition coefficient (Wildman–Crippen LogP) is 2.19. The lowest BCUT2D eigenvalue weighted by Gasteiger charge is -2.16. The summed E-state index contributed by atoms with van der Waals surface area (Å²) in [7, 11) is 0. The van der Waals surface area contributed by atoms with Gasteiger partial charge in [-0.3, -0.25) is 0 Å². The van der Waals surface area contributed by atoms with Gasteiger partial charge in [-0.2, -0.15) is 0 Å². The summed E-state index contributed by atoms with van der Waals surface area (Å²) in [5, 5.41) is 3.46. The van der Waals surface area contributed by atoms with Crippen molar-refractivity contribution in [2.24, 2.45) is 0 Å². The quantitative estimate of drug-likeness (QED) is 0.908. The van der Waals surface area contributed by atoms with E-state index in [1.54, 1.807) is 4.90 Å². The third-order valence-electron chi connectivity index (χ3n) is 3.96. The number of aryl methyl sites for hydroxylation is 1. The number of fused-ring (bicyclic) bond motifs is 1. The number of carbonyl (C=O) groups is 1. The first kappa shape index (κ1) is 14.8. The van der Waals surface area contributed by atoms with Crippen LogP contribution in [-0.2, 0) is 11.3 Å². The molecule has 1 saturated heterocycles. The lowest BCUT2D eigenvalue weighted by atomic mass is 10.2. The number of rotatable bonds is 4. The minimum atomic E-state index is -0.217. The maximum absolute atomic E-state index is 11.7. The molecule has 1 aliphatic rings. The number of aromatic nitrogens is 2. The molecule has 2 heterocycles. The Morgan fingerprint density at radius 3 is 3.23 bits per heavy atom. The van der Waals surface area contributed by atoms with Crippen molar-refractivity contribution in [2.75, 3.05) is 19.7 Å². The monoisotopic (exact) mass is 302 g/mol. The van der Waals surface area contributed by atoms with Gasteiger partial charge < -0.3 is 19.9 Å². The number of likely N-dealkylation sites (tertiary alicyclic amines) is 1. The number of benzene rings is 1. The molecule has 1 amide bonds. The first-order chi connectivity index (χ1) is 10.7. The number of imidazole rings is 1. The van der Waals surface area contributed by atoms with Crippen LogP contribution in [0.2, 0.25) is 0 Å². The largest absolute Gasteiger partial charge is 0.450 e. The number of hydrogen-bond acceptors (Lipinski definition) is 4. The van der Waals surface area contributed by atoms with E-state index < -0.39 is 0 Å². The summed E-state index contributed by atoms with van der Waals surface area (Å²) in [6.45, 7) is 6.43. The molecule has 1 aliphatic heterocycles. The van der Waals surface area contributed by atoms with Crippen LogP contribution in [0, 0.1) is 6.92 Å². The molecule has 0 bridgehead atoms. The molecular weight excluding hydrogens is 280 g/mol. The molecule has 0 radical (unpaired) electrons. The number of carbonyl (C=O) groups excluding carboxylic acids is 1. The van der Waals surface area contributed by atoms with E-state index in [1.165, 1.54) is 5.56 Å². The fraction of sp³-hybridized carbons (Fsp3) is 0.500. The highest BCUT2D eigenvalue weighted by Crippen LogP contribution is 2.14. The second kappa shape index (κ2) is 6.36. The normalized spacial score (nSPS) is 18.1. The van der Waals surface area contributed by atoms with Gasteiger partial charge >= 0.3 is 6.09 Å². The van der Waals surface area contributed by atoms with Crippen molar-refractivity contribution in [1.29, 1.82) is 0 Å². The SMILES string of the molecule is CCOC(=O)N1CC[C@@H](NCc2nc3ccc(C)cc3[nH]2)C1. The molecule has 6 heteroatoms. The Bertz CT molecular complexity index is 667. The van der Waals surface area contributed by atoms with Gasteiger partial charge in [0.1, 0.15) is 5.82 Å². The van der Waals surface area contributed by atoms with Crippen molar-refractivity contribution in [3.8, 4) is 0 Å². The number of hydrogen-bond donors (Lipinski definition) is 2. The Balaban J connectivity index is 1.55. The van der Waals surface area contributed by atoms with Crippen molar-refractivity contribution in [3.63, 3.8) is 0 Å². The third-order valence-corrected chi connectivity index (χ3v) is 3.96. The van der Waals surface area contributed by atoms with Gasteiger partial charge in [0, 0.05) is 19.1 Å². The average Bonchev–Trinajstić information content (AvgIpc) is 3.11. The van der Waals surface area contributed by atoms with Crippen LogP contribution in [0.25, 0.3) is 11.0 Å². The lowest BCUT2D eigenvalue weighted by molar-refractivity contribution is 0.115. The molecule has 0 aliphatic carbocycles. The van der Waals surface area contributed by atoms with Gasteiger partial charge in [-0.05, 0) is 38.0 Å². The summed E-state index contributed by atoms with van der Waals surface area (Å²) in [5.74, 6) is 0.926. The molecule has 2 aromatic rings. The second-order valence-corrected chi connectivity index (χ2v) is 5.72. The Morgan fingerprint density at radius 1 is 1.55 bits per heavy atom. The van der Waals surface area contributed by atoms with E-state index in [2.05, 4.69) is 34.3 Å². The molecule has 0 spiro atoms. The molecule has 1 atom stereocenters. The van der Waals surface area contributed by atoms with Crippen LogP contribution < -0.4 is 5.32 Å². The molecule has 3 rings (SSSR count). The van der Waals surface area contributed by atoms with Gasteiger partial charge in [-0.25, -0.2) is 9.78 Å². The molecule has 6 nitrogen and oxygen atoms in total. The van der Waals surface area contributed by atoms with Gasteiger partial charge in [-0.1, -0.05) is 6.07 Å². The minimum Gasteiger partial charge on any atom is -0.450 e. The molecule has 1 fully saturated rings. The first-order valence-electron chi connectivity index (χ1n) is 7.76. The fourth-order valence-corrected chi connectivity index (χ4v) is 2.81. The molecule has 2 N–H and O–H groups in total. The Morgan fingerprint density at radius 2 is 2.41 bits per heavy atom. The van der Waals surface area contributed by atoms with E-state index in [1.807, 2.05) is 13.0 Å². The molecule has 22 heavy (non-hydrogen) atoms. The molecular formula is C16H22N4O2. The maximum Gasteiger partial charge on any atom is 0.409 e. The fourth-order valence-electron chi connectivity index (χ4n) is 2.81. The van der Waals surface area contributed by atoms with Gasteiger partial charge in [0.25, 0.3) is 0 Å². The van der Waals surface area contributed by atoms with Gasteiger partial charge in [-0.15, -0.1) is 0 Å². The highest BCUT2D eigenvalue weighted by atomic mass is 16.6. The van der Waals surface area contributed by atoms with E-state index in [-0.39, 0.29) is 6.09 Å². The smallest absolute Gasteiger partial charge is 0.409 e. The third kappa shape index (κ3) is 3.22. The number of nitrogens with zero attached hydrogens (tertiary/aromatic N) is 2. The molecule has 1 aromatic heterocycles. The van der Waals surface area contributed by atoms with E-state index in [0.29, 0.717) is 25.7 Å². The number of amides is 1. The minimum absolute atomic E-state index is 0.217. The van der Waals surface area contributed by atoms with Crippen LogP contribution >= 0.6 is 0 Å². The van der Waals surface area contributed by atoms with Crippen molar-refractivity contribution in [1.82, 2.24) is 20.2 Å². The van der Waals surface area contributed by atoms with E-state index >= 15 is 0 Å². The highest BCUT2D eigenvalue weighted by Gasteiger charge is 2.26. The van der Waals surface area contributed by atoms with Crippen molar-refractivity contribution >= 4 is 17.1 Å². The summed E-state index contributed by atoms with van der Waals surface area (Å²) in [4.78, 5) is 21.3. The van der Waals surface area contributed by atoms with Gasteiger partial charge in [0.2, 0.25) is 0 Å². The molecule has 118 valence electrons. The van der Waals surface area contributed by atoms with E-state index in [9.17, 15) is 4.79 Å². The number of ether oxygens (including phenoxy) is 1. The van der Waals surface area contributed by atoms with Crippen molar-refractivity contribution in [3.05, 3.63) is 29.6 Å².